The lowest BCUT2D eigenvalue weighted by Gasteiger charge is -2.08. The smallest absolute Gasteiger partial charge is 0.256 e. The number of carbonyl (C=O) groups is 1. The Morgan fingerprint density at radius 2 is 1.50 bits per heavy atom. The van der Waals surface area contributed by atoms with Gasteiger partial charge in [-0.3, -0.25) is 4.79 Å². The summed E-state index contributed by atoms with van der Waals surface area (Å²) < 4.78 is 39.8. The molecule has 1 aromatic heterocycles. The normalized spacial score (nSPS) is 10.5. The first-order chi connectivity index (χ1) is 12.4. The van der Waals surface area contributed by atoms with E-state index >= 15 is 0 Å². The van der Waals surface area contributed by atoms with Gasteiger partial charge in [-0.2, -0.15) is 0 Å². The number of nitrogens with zero attached hydrogens (tertiary/aromatic N) is 2. The third-order valence-corrected chi connectivity index (χ3v) is 3.52. The largest absolute Gasteiger partial charge is 0.336 e. The Balaban J connectivity index is 1.70. The summed E-state index contributed by atoms with van der Waals surface area (Å²) >= 11 is 0. The van der Waals surface area contributed by atoms with Gasteiger partial charge in [0, 0.05) is 5.56 Å². The standard InChI is InChI=1S/C18H13F3N4O/c1-10-2-4-11(5-3-10)18(26)23-15-9-8-14(24-25-15)22-13-7-6-12(19)16(20)17(13)21/h2-9H,1H3,(H,22,24)(H,23,25,26). The van der Waals surface area contributed by atoms with Gasteiger partial charge in [-0.1, -0.05) is 17.7 Å². The van der Waals surface area contributed by atoms with Crippen LogP contribution < -0.4 is 10.6 Å². The van der Waals surface area contributed by atoms with Crippen LogP contribution in [0, 0.1) is 24.4 Å². The number of rotatable bonds is 4. The summed E-state index contributed by atoms with van der Waals surface area (Å²) in [5.41, 5.74) is 1.21. The van der Waals surface area contributed by atoms with E-state index < -0.39 is 17.5 Å². The summed E-state index contributed by atoms with van der Waals surface area (Å²) in [5, 5.41) is 12.6. The van der Waals surface area contributed by atoms with Crippen molar-refractivity contribution < 1.29 is 18.0 Å². The van der Waals surface area contributed by atoms with E-state index in [4.69, 9.17) is 0 Å². The minimum Gasteiger partial charge on any atom is -0.336 e. The first-order valence-corrected chi connectivity index (χ1v) is 7.56. The lowest BCUT2D eigenvalue weighted by atomic mass is 10.1. The van der Waals surface area contributed by atoms with E-state index in [1.807, 2.05) is 19.1 Å². The van der Waals surface area contributed by atoms with Crippen LogP contribution in [0.2, 0.25) is 0 Å². The van der Waals surface area contributed by atoms with Crippen molar-refractivity contribution in [3.05, 3.63) is 77.1 Å². The Morgan fingerprint density at radius 1 is 0.846 bits per heavy atom. The Labute approximate surface area is 146 Å². The molecule has 0 saturated heterocycles. The zero-order chi connectivity index (χ0) is 18.7. The molecular weight excluding hydrogens is 345 g/mol. The number of hydrogen-bond acceptors (Lipinski definition) is 4. The zero-order valence-corrected chi connectivity index (χ0v) is 13.6. The van der Waals surface area contributed by atoms with Gasteiger partial charge in [-0.25, -0.2) is 13.2 Å². The van der Waals surface area contributed by atoms with Crippen LogP contribution in [0.4, 0.5) is 30.5 Å². The van der Waals surface area contributed by atoms with Crippen molar-refractivity contribution in [1.82, 2.24) is 10.2 Å². The van der Waals surface area contributed by atoms with Crippen LogP contribution in [-0.4, -0.2) is 16.1 Å². The van der Waals surface area contributed by atoms with Crippen molar-refractivity contribution >= 4 is 23.2 Å². The van der Waals surface area contributed by atoms with Gasteiger partial charge in [0.2, 0.25) is 0 Å². The summed E-state index contributed by atoms with van der Waals surface area (Å²) in [6, 6.07) is 11.7. The molecule has 2 aromatic carbocycles. The topological polar surface area (TPSA) is 66.9 Å². The first kappa shape index (κ1) is 17.4. The van der Waals surface area contributed by atoms with E-state index in [2.05, 4.69) is 20.8 Å². The van der Waals surface area contributed by atoms with Crippen LogP contribution in [0.1, 0.15) is 15.9 Å². The molecule has 132 valence electrons. The van der Waals surface area contributed by atoms with Crippen molar-refractivity contribution in [2.24, 2.45) is 0 Å². The molecule has 0 spiro atoms. The molecular formula is C18H13F3N4O. The molecule has 0 radical (unpaired) electrons. The summed E-state index contributed by atoms with van der Waals surface area (Å²) in [6.07, 6.45) is 0. The Morgan fingerprint density at radius 3 is 2.15 bits per heavy atom. The number of aromatic nitrogens is 2. The molecule has 0 aliphatic rings. The van der Waals surface area contributed by atoms with Crippen LogP contribution in [0.15, 0.2) is 48.5 Å². The minimum absolute atomic E-state index is 0.100. The first-order valence-electron chi connectivity index (χ1n) is 7.56. The van der Waals surface area contributed by atoms with Gasteiger partial charge < -0.3 is 10.6 Å². The molecule has 1 heterocycles. The molecule has 2 N–H and O–H groups in total. The van der Waals surface area contributed by atoms with Gasteiger partial charge in [-0.05, 0) is 43.3 Å². The lowest BCUT2D eigenvalue weighted by molar-refractivity contribution is 0.102. The van der Waals surface area contributed by atoms with Crippen LogP contribution in [-0.2, 0) is 0 Å². The number of carbonyl (C=O) groups excluding carboxylic acids is 1. The quantitative estimate of drug-likeness (QED) is 0.686. The number of halogens is 3. The molecule has 0 aliphatic carbocycles. The molecule has 3 aromatic rings. The summed E-state index contributed by atoms with van der Waals surface area (Å²) in [5.74, 6) is -4.29. The molecule has 0 fully saturated rings. The fraction of sp³-hybridized carbons (Fsp3) is 0.0556. The molecule has 8 heteroatoms. The van der Waals surface area contributed by atoms with Crippen LogP contribution >= 0.6 is 0 Å². The molecule has 0 saturated carbocycles. The molecule has 0 bridgehead atoms. The molecule has 1 amide bonds. The third kappa shape index (κ3) is 3.80. The van der Waals surface area contributed by atoms with Crippen molar-refractivity contribution in [2.75, 3.05) is 10.6 Å². The van der Waals surface area contributed by atoms with Gasteiger partial charge in [0.1, 0.15) is 0 Å². The van der Waals surface area contributed by atoms with Gasteiger partial charge in [0.25, 0.3) is 5.91 Å². The van der Waals surface area contributed by atoms with Crippen molar-refractivity contribution in [3.63, 3.8) is 0 Å². The van der Waals surface area contributed by atoms with E-state index in [1.54, 1.807) is 12.1 Å². The molecule has 5 nitrogen and oxygen atoms in total. The maximum absolute atomic E-state index is 13.6. The van der Waals surface area contributed by atoms with Crippen LogP contribution in [0.25, 0.3) is 0 Å². The van der Waals surface area contributed by atoms with Gasteiger partial charge >= 0.3 is 0 Å². The van der Waals surface area contributed by atoms with Gasteiger partial charge in [0.15, 0.2) is 29.1 Å². The molecule has 26 heavy (non-hydrogen) atoms. The highest BCUT2D eigenvalue weighted by Gasteiger charge is 2.14. The number of nitrogens with one attached hydrogen (secondary N) is 2. The number of amides is 1. The number of aryl methyl sites for hydroxylation is 1. The third-order valence-electron chi connectivity index (χ3n) is 3.52. The number of anilines is 3. The number of hydrogen-bond donors (Lipinski definition) is 2. The summed E-state index contributed by atoms with van der Waals surface area (Å²) in [4.78, 5) is 12.1. The Hall–Kier alpha value is -3.42. The lowest BCUT2D eigenvalue weighted by Crippen LogP contribution is -2.13. The van der Waals surface area contributed by atoms with Crippen molar-refractivity contribution in [1.29, 1.82) is 0 Å². The minimum atomic E-state index is -1.58. The zero-order valence-electron chi connectivity index (χ0n) is 13.6. The maximum Gasteiger partial charge on any atom is 0.256 e. The average molecular weight is 358 g/mol. The van der Waals surface area contributed by atoms with Crippen LogP contribution in [0.5, 0.6) is 0 Å². The molecule has 0 atom stereocenters. The van der Waals surface area contributed by atoms with Gasteiger partial charge in [-0.15, -0.1) is 10.2 Å². The predicted molar refractivity (Wildman–Crippen MR) is 90.8 cm³/mol. The van der Waals surface area contributed by atoms with Gasteiger partial charge in [0.05, 0.1) is 5.69 Å². The summed E-state index contributed by atoms with van der Waals surface area (Å²) in [6.45, 7) is 1.91. The highest BCUT2D eigenvalue weighted by Crippen LogP contribution is 2.22. The van der Waals surface area contributed by atoms with Crippen molar-refractivity contribution in [2.45, 2.75) is 6.92 Å². The second-order valence-electron chi connectivity index (χ2n) is 5.47. The second kappa shape index (κ2) is 7.22. The highest BCUT2D eigenvalue weighted by atomic mass is 19.2. The van der Waals surface area contributed by atoms with E-state index in [9.17, 15) is 18.0 Å². The number of benzene rings is 2. The SMILES string of the molecule is Cc1ccc(C(=O)Nc2ccc(Nc3ccc(F)c(F)c3F)nn2)cc1. The van der Waals surface area contributed by atoms with Crippen molar-refractivity contribution in [3.8, 4) is 0 Å². The van der Waals surface area contributed by atoms with E-state index in [1.165, 1.54) is 12.1 Å². The molecule has 3 rings (SSSR count). The molecule has 0 unspecified atom stereocenters. The maximum atomic E-state index is 13.6. The Kier molecular flexibility index (Phi) is 4.83. The average Bonchev–Trinajstić information content (AvgIpc) is 2.64. The Bertz CT molecular complexity index is 944. The predicted octanol–water partition coefficient (Wildman–Crippen LogP) is 4.20. The highest BCUT2D eigenvalue weighted by molar-refractivity contribution is 6.03. The van der Waals surface area contributed by atoms with E-state index in [0.29, 0.717) is 5.56 Å². The molecule has 0 aliphatic heterocycles. The monoisotopic (exact) mass is 358 g/mol. The fourth-order valence-electron chi connectivity index (χ4n) is 2.12. The van der Waals surface area contributed by atoms with E-state index in [-0.39, 0.29) is 23.2 Å². The fourth-order valence-corrected chi connectivity index (χ4v) is 2.12. The van der Waals surface area contributed by atoms with Crippen LogP contribution in [0.3, 0.4) is 0 Å². The second-order valence-corrected chi connectivity index (χ2v) is 5.47. The summed E-state index contributed by atoms with van der Waals surface area (Å²) in [7, 11) is 0. The van der Waals surface area contributed by atoms with E-state index in [0.717, 1.165) is 17.7 Å².